The number of ether oxygens (including phenoxy) is 1. The van der Waals surface area contributed by atoms with Gasteiger partial charge in [0, 0.05) is 12.0 Å². The topological polar surface area (TPSA) is 84.5 Å². The van der Waals surface area contributed by atoms with Crippen molar-refractivity contribution in [1.82, 2.24) is 10.6 Å². The number of carbonyl (C=O) groups is 3. The van der Waals surface area contributed by atoms with Gasteiger partial charge in [0.05, 0.1) is 13.7 Å². The van der Waals surface area contributed by atoms with Gasteiger partial charge in [-0.05, 0) is 42.7 Å². The number of hydrogen-bond donors (Lipinski definition) is 2. The predicted molar refractivity (Wildman–Crippen MR) is 102 cm³/mol. The van der Waals surface area contributed by atoms with E-state index in [0.717, 1.165) is 16.7 Å². The highest BCUT2D eigenvalue weighted by Gasteiger charge is 2.22. The monoisotopic (exact) mass is 368 g/mol. The summed E-state index contributed by atoms with van der Waals surface area (Å²) in [5.41, 5.74) is 3.64. The van der Waals surface area contributed by atoms with Crippen molar-refractivity contribution in [2.75, 3.05) is 13.7 Å². The largest absolute Gasteiger partial charge is 0.467 e. The molecule has 2 aromatic carbocycles. The lowest BCUT2D eigenvalue weighted by Crippen LogP contribution is -2.47. The van der Waals surface area contributed by atoms with Crippen LogP contribution in [0.2, 0.25) is 0 Å². The zero-order valence-electron chi connectivity index (χ0n) is 15.7. The van der Waals surface area contributed by atoms with E-state index in [2.05, 4.69) is 10.6 Å². The lowest BCUT2D eigenvalue weighted by molar-refractivity contribution is -0.144. The molecule has 0 aliphatic carbocycles. The molecule has 0 heterocycles. The molecule has 2 N–H and O–H groups in total. The van der Waals surface area contributed by atoms with Gasteiger partial charge < -0.3 is 15.4 Å². The molecule has 6 heteroatoms. The lowest BCUT2D eigenvalue weighted by Gasteiger charge is -2.17. The minimum absolute atomic E-state index is 0.228. The van der Waals surface area contributed by atoms with Crippen LogP contribution in [-0.2, 0) is 20.7 Å². The molecule has 6 nitrogen and oxygen atoms in total. The van der Waals surface area contributed by atoms with Gasteiger partial charge in [0.25, 0.3) is 5.91 Å². The summed E-state index contributed by atoms with van der Waals surface area (Å²) in [6, 6.07) is 13.7. The average Bonchev–Trinajstić information content (AvgIpc) is 2.68. The highest BCUT2D eigenvalue weighted by Crippen LogP contribution is 2.12. The molecular formula is C21H24N2O4. The number of aryl methyl sites for hydroxylation is 2. The number of amides is 2. The molecule has 0 aliphatic heterocycles. The van der Waals surface area contributed by atoms with Gasteiger partial charge in [-0.3, -0.25) is 9.59 Å². The summed E-state index contributed by atoms with van der Waals surface area (Å²) in [4.78, 5) is 36.2. The summed E-state index contributed by atoms with van der Waals surface area (Å²) >= 11 is 0. The Morgan fingerprint density at radius 2 is 1.70 bits per heavy atom. The Labute approximate surface area is 158 Å². The second kappa shape index (κ2) is 9.52. The maximum atomic E-state index is 12.2. The fraction of sp³-hybridized carbons (Fsp3) is 0.286. The first-order chi connectivity index (χ1) is 12.9. The second-order valence-electron chi connectivity index (χ2n) is 6.31. The summed E-state index contributed by atoms with van der Waals surface area (Å²) in [6.45, 7) is 3.77. The molecule has 1 atom stereocenters. The van der Waals surface area contributed by atoms with Gasteiger partial charge in [-0.2, -0.15) is 0 Å². The van der Waals surface area contributed by atoms with Gasteiger partial charge in [-0.25, -0.2) is 4.79 Å². The maximum Gasteiger partial charge on any atom is 0.328 e. The lowest BCUT2D eigenvalue weighted by atomic mass is 10.0. The van der Waals surface area contributed by atoms with Crippen molar-refractivity contribution >= 4 is 17.8 Å². The number of rotatable bonds is 7. The fourth-order valence-electron chi connectivity index (χ4n) is 2.60. The summed E-state index contributed by atoms with van der Waals surface area (Å²) in [6.07, 6.45) is 0.312. The minimum Gasteiger partial charge on any atom is -0.467 e. The third-order valence-electron chi connectivity index (χ3n) is 4.28. The van der Waals surface area contributed by atoms with Crippen LogP contribution in [0.3, 0.4) is 0 Å². The first-order valence-corrected chi connectivity index (χ1v) is 8.67. The quantitative estimate of drug-likeness (QED) is 0.732. The highest BCUT2D eigenvalue weighted by molar-refractivity contribution is 5.96. The van der Waals surface area contributed by atoms with Crippen LogP contribution in [0, 0.1) is 13.8 Å². The molecule has 0 fully saturated rings. The van der Waals surface area contributed by atoms with Gasteiger partial charge in [0.1, 0.15) is 6.04 Å². The molecule has 0 unspecified atom stereocenters. The molecule has 0 aliphatic rings. The van der Waals surface area contributed by atoms with Crippen LogP contribution in [0.4, 0.5) is 0 Å². The fourth-order valence-corrected chi connectivity index (χ4v) is 2.60. The molecule has 27 heavy (non-hydrogen) atoms. The molecule has 0 bridgehead atoms. The Balaban J connectivity index is 1.96. The van der Waals surface area contributed by atoms with Crippen molar-refractivity contribution in [2.24, 2.45) is 0 Å². The standard InChI is InChI=1S/C21H24N2O4/c1-14-9-10-16(11-15(14)2)12-18(21(26)27-3)23-19(24)13-22-20(25)17-7-5-4-6-8-17/h4-11,18H,12-13H2,1-3H3,(H,22,25)(H,23,24)/t18-/m1/s1. The van der Waals surface area contributed by atoms with E-state index >= 15 is 0 Å². The van der Waals surface area contributed by atoms with Crippen molar-refractivity contribution in [3.05, 3.63) is 70.8 Å². The van der Waals surface area contributed by atoms with Crippen molar-refractivity contribution < 1.29 is 19.1 Å². The molecule has 0 saturated heterocycles. The van der Waals surface area contributed by atoms with Gasteiger partial charge >= 0.3 is 5.97 Å². The minimum atomic E-state index is -0.821. The van der Waals surface area contributed by atoms with E-state index in [4.69, 9.17) is 4.74 Å². The van der Waals surface area contributed by atoms with Gasteiger partial charge in [0.15, 0.2) is 0 Å². The number of hydrogen-bond acceptors (Lipinski definition) is 4. The number of carbonyl (C=O) groups excluding carboxylic acids is 3. The second-order valence-corrected chi connectivity index (χ2v) is 6.31. The molecule has 142 valence electrons. The molecule has 0 saturated carbocycles. The molecule has 0 spiro atoms. The van der Waals surface area contributed by atoms with Crippen LogP contribution in [-0.4, -0.2) is 37.5 Å². The van der Waals surface area contributed by atoms with E-state index < -0.39 is 17.9 Å². The highest BCUT2D eigenvalue weighted by atomic mass is 16.5. The van der Waals surface area contributed by atoms with E-state index in [1.165, 1.54) is 7.11 Å². The van der Waals surface area contributed by atoms with Gasteiger partial charge in [-0.1, -0.05) is 36.4 Å². The summed E-state index contributed by atoms with van der Waals surface area (Å²) in [5, 5.41) is 5.17. The van der Waals surface area contributed by atoms with Gasteiger partial charge in [0.2, 0.25) is 5.91 Å². The van der Waals surface area contributed by atoms with Crippen molar-refractivity contribution in [1.29, 1.82) is 0 Å². The molecule has 2 rings (SSSR count). The number of esters is 1. The van der Waals surface area contributed by atoms with Crippen LogP contribution in [0.1, 0.15) is 27.0 Å². The number of nitrogens with one attached hydrogen (secondary N) is 2. The van der Waals surface area contributed by atoms with E-state index in [1.54, 1.807) is 30.3 Å². The van der Waals surface area contributed by atoms with Crippen LogP contribution >= 0.6 is 0 Å². The normalized spacial score (nSPS) is 11.4. The predicted octanol–water partition coefficient (Wildman–Crippen LogP) is 1.93. The Morgan fingerprint density at radius 1 is 1.00 bits per heavy atom. The molecule has 0 radical (unpaired) electrons. The molecule has 0 aromatic heterocycles. The summed E-state index contributed by atoms with van der Waals surface area (Å²) < 4.78 is 4.79. The van der Waals surface area contributed by atoms with E-state index in [-0.39, 0.29) is 12.5 Å². The van der Waals surface area contributed by atoms with Crippen molar-refractivity contribution in [3.8, 4) is 0 Å². The Hall–Kier alpha value is -3.15. The van der Waals surface area contributed by atoms with Crippen LogP contribution in [0.5, 0.6) is 0 Å². The van der Waals surface area contributed by atoms with E-state index in [1.807, 2.05) is 32.0 Å². The summed E-state index contributed by atoms with van der Waals surface area (Å²) in [5.74, 6) is -1.34. The zero-order chi connectivity index (χ0) is 19.8. The molecule has 2 amide bonds. The SMILES string of the molecule is COC(=O)[C@@H](Cc1ccc(C)c(C)c1)NC(=O)CNC(=O)c1ccccc1. The number of methoxy groups -OCH3 is 1. The maximum absolute atomic E-state index is 12.2. The smallest absolute Gasteiger partial charge is 0.328 e. The first kappa shape index (κ1) is 20.2. The Morgan fingerprint density at radius 3 is 2.33 bits per heavy atom. The molecule has 2 aromatic rings. The van der Waals surface area contributed by atoms with Gasteiger partial charge in [-0.15, -0.1) is 0 Å². The van der Waals surface area contributed by atoms with Crippen LogP contribution < -0.4 is 10.6 Å². The average molecular weight is 368 g/mol. The Bertz CT molecular complexity index is 818. The first-order valence-electron chi connectivity index (χ1n) is 8.67. The third-order valence-corrected chi connectivity index (χ3v) is 4.28. The van der Waals surface area contributed by atoms with Crippen molar-refractivity contribution in [2.45, 2.75) is 26.3 Å². The molecular weight excluding hydrogens is 344 g/mol. The van der Waals surface area contributed by atoms with Crippen LogP contribution in [0.25, 0.3) is 0 Å². The van der Waals surface area contributed by atoms with Crippen LogP contribution in [0.15, 0.2) is 48.5 Å². The summed E-state index contributed by atoms with van der Waals surface area (Å²) in [7, 11) is 1.28. The number of benzene rings is 2. The van der Waals surface area contributed by atoms with E-state index in [0.29, 0.717) is 12.0 Å². The third kappa shape index (κ3) is 5.95. The van der Waals surface area contributed by atoms with Crippen molar-refractivity contribution in [3.63, 3.8) is 0 Å². The Kier molecular flexibility index (Phi) is 7.11. The zero-order valence-corrected chi connectivity index (χ0v) is 15.7. The van der Waals surface area contributed by atoms with E-state index in [9.17, 15) is 14.4 Å².